The molecule has 1 heterocycles. The van der Waals surface area contributed by atoms with Crippen LogP contribution < -0.4 is 0 Å². The molecular formula is C11H21N. The maximum atomic E-state index is 2.52. The van der Waals surface area contributed by atoms with Crippen LogP contribution in [0, 0.1) is 5.41 Å². The molecule has 1 fully saturated rings. The van der Waals surface area contributed by atoms with Crippen molar-refractivity contribution in [3.63, 3.8) is 0 Å². The molecule has 0 aliphatic carbocycles. The first-order valence-electron chi connectivity index (χ1n) is 4.98. The van der Waals surface area contributed by atoms with E-state index in [4.69, 9.17) is 0 Å². The average Bonchev–Trinajstić information content (AvgIpc) is 2.36. The van der Waals surface area contributed by atoms with Gasteiger partial charge in [-0.3, -0.25) is 4.90 Å². The van der Waals surface area contributed by atoms with Crippen molar-refractivity contribution in [2.45, 2.75) is 33.6 Å². The van der Waals surface area contributed by atoms with Crippen molar-refractivity contribution in [1.82, 2.24) is 4.90 Å². The summed E-state index contributed by atoms with van der Waals surface area (Å²) in [7, 11) is 0. The Balaban J connectivity index is 2.20. The molecule has 0 atom stereocenters. The Kier molecular flexibility index (Phi) is 3.33. The van der Waals surface area contributed by atoms with Crippen LogP contribution in [0.3, 0.4) is 0 Å². The van der Waals surface area contributed by atoms with E-state index in [-0.39, 0.29) is 0 Å². The van der Waals surface area contributed by atoms with Gasteiger partial charge in [-0.1, -0.05) is 32.9 Å². The molecule has 1 heteroatoms. The Morgan fingerprint density at radius 1 is 1.17 bits per heavy atom. The van der Waals surface area contributed by atoms with Gasteiger partial charge in [0.15, 0.2) is 0 Å². The van der Waals surface area contributed by atoms with Gasteiger partial charge in [0.1, 0.15) is 0 Å². The summed E-state index contributed by atoms with van der Waals surface area (Å²) in [6.45, 7) is 10.5. The average molecular weight is 167 g/mol. The lowest BCUT2D eigenvalue weighted by molar-refractivity contribution is 0.375. The second-order valence-corrected chi connectivity index (χ2v) is 4.78. The van der Waals surface area contributed by atoms with E-state index in [0.717, 1.165) is 6.54 Å². The topological polar surface area (TPSA) is 3.24 Å². The zero-order valence-electron chi connectivity index (χ0n) is 8.64. The van der Waals surface area contributed by atoms with Gasteiger partial charge in [0.05, 0.1) is 0 Å². The third kappa shape index (κ3) is 3.91. The van der Waals surface area contributed by atoms with Crippen LogP contribution in [0.2, 0.25) is 0 Å². The lowest BCUT2D eigenvalue weighted by Crippen LogP contribution is -2.19. The zero-order valence-corrected chi connectivity index (χ0v) is 8.64. The third-order valence-corrected chi connectivity index (χ3v) is 2.18. The van der Waals surface area contributed by atoms with E-state index in [1.165, 1.54) is 25.9 Å². The normalized spacial score (nSPS) is 20.9. The maximum absolute atomic E-state index is 2.52. The van der Waals surface area contributed by atoms with Crippen LogP contribution in [0.25, 0.3) is 0 Å². The van der Waals surface area contributed by atoms with Gasteiger partial charge in [0.25, 0.3) is 0 Å². The highest BCUT2D eigenvalue weighted by molar-refractivity contribution is 4.94. The van der Waals surface area contributed by atoms with E-state index in [2.05, 4.69) is 37.8 Å². The van der Waals surface area contributed by atoms with Crippen LogP contribution in [-0.2, 0) is 0 Å². The van der Waals surface area contributed by atoms with E-state index in [1.807, 2.05) is 0 Å². The molecule has 1 aliphatic heterocycles. The van der Waals surface area contributed by atoms with Gasteiger partial charge in [-0.25, -0.2) is 0 Å². The van der Waals surface area contributed by atoms with Crippen LogP contribution in [0.15, 0.2) is 12.2 Å². The number of allylic oxidation sites excluding steroid dienone is 1. The summed E-state index contributed by atoms with van der Waals surface area (Å²) in [4.78, 5) is 2.52. The Labute approximate surface area is 76.5 Å². The Hall–Kier alpha value is -0.300. The predicted molar refractivity (Wildman–Crippen MR) is 54.3 cm³/mol. The van der Waals surface area contributed by atoms with Crippen LogP contribution in [0.5, 0.6) is 0 Å². The van der Waals surface area contributed by atoms with E-state index < -0.39 is 0 Å². The zero-order chi connectivity index (χ0) is 9.03. The molecule has 0 aromatic rings. The van der Waals surface area contributed by atoms with Gasteiger partial charge in [-0.05, 0) is 31.3 Å². The van der Waals surface area contributed by atoms with Gasteiger partial charge >= 0.3 is 0 Å². The molecule has 12 heavy (non-hydrogen) atoms. The highest BCUT2D eigenvalue weighted by atomic mass is 15.1. The van der Waals surface area contributed by atoms with Gasteiger partial charge < -0.3 is 0 Å². The molecule has 0 aromatic heterocycles. The summed E-state index contributed by atoms with van der Waals surface area (Å²) in [5.74, 6) is 0. The Morgan fingerprint density at radius 2 is 1.75 bits per heavy atom. The molecule has 1 saturated heterocycles. The molecular weight excluding hydrogens is 146 g/mol. The van der Waals surface area contributed by atoms with E-state index in [9.17, 15) is 0 Å². The van der Waals surface area contributed by atoms with Crippen molar-refractivity contribution in [2.24, 2.45) is 5.41 Å². The Morgan fingerprint density at radius 3 is 2.25 bits per heavy atom. The van der Waals surface area contributed by atoms with Crippen LogP contribution in [0.4, 0.5) is 0 Å². The van der Waals surface area contributed by atoms with E-state index in [0.29, 0.717) is 5.41 Å². The number of hydrogen-bond acceptors (Lipinski definition) is 1. The molecule has 0 amide bonds. The van der Waals surface area contributed by atoms with Crippen molar-refractivity contribution in [1.29, 1.82) is 0 Å². The smallest absolute Gasteiger partial charge is 0.0163 e. The first-order chi connectivity index (χ1) is 5.58. The van der Waals surface area contributed by atoms with Gasteiger partial charge in [0.2, 0.25) is 0 Å². The van der Waals surface area contributed by atoms with Gasteiger partial charge in [-0.15, -0.1) is 0 Å². The third-order valence-electron chi connectivity index (χ3n) is 2.18. The molecule has 0 spiro atoms. The number of hydrogen-bond donors (Lipinski definition) is 0. The number of nitrogens with zero attached hydrogens (tertiary/aromatic N) is 1. The minimum absolute atomic E-state index is 0.347. The molecule has 0 unspecified atom stereocenters. The monoisotopic (exact) mass is 167 g/mol. The van der Waals surface area contributed by atoms with E-state index >= 15 is 0 Å². The number of likely N-dealkylation sites (tertiary alicyclic amines) is 1. The van der Waals surface area contributed by atoms with Gasteiger partial charge in [0, 0.05) is 6.54 Å². The fourth-order valence-electron chi connectivity index (χ4n) is 1.52. The molecule has 0 bridgehead atoms. The minimum atomic E-state index is 0.347. The SMILES string of the molecule is CC(C)(C)/C=C/CN1CCCC1. The summed E-state index contributed by atoms with van der Waals surface area (Å²) < 4.78 is 0. The highest BCUT2D eigenvalue weighted by Crippen LogP contribution is 2.15. The second-order valence-electron chi connectivity index (χ2n) is 4.78. The van der Waals surface area contributed by atoms with E-state index in [1.54, 1.807) is 0 Å². The molecule has 1 aliphatic rings. The second kappa shape index (κ2) is 4.08. The van der Waals surface area contributed by atoms with Crippen molar-refractivity contribution in [2.75, 3.05) is 19.6 Å². The van der Waals surface area contributed by atoms with Crippen LogP contribution >= 0.6 is 0 Å². The summed E-state index contributed by atoms with van der Waals surface area (Å²) in [6.07, 6.45) is 7.41. The predicted octanol–water partition coefficient (Wildman–Crippen LogP) is 2.68. The minimum Gasteiger partial charge on any atom is -0.300 e. The summed E-state index contributed by atoms with van der Waals surface area (Å²) in [5.41, 5.74) is 0.347. The van der Waals surface area contributed by atoms with Gasteiger partial charge in [-0.2, -0.15) is 0 Å². The molecule has 70 valence electrons. The van der Waals surface area contributed by atoms with Crippen LogP contribution in [-0.4, -0.2) is 24.5 Å². The fraction of sp³-hybridized carbons (Fsp3) is 0.818. The van der Waals surface area contributed by atoms with Crippen molar-refractivity contribution in [3.8, 4) is 0 Å². The standard InChI is InChI=1S/C11H21N/c1-11(2,3)7-6-10-12-8-4-5-9-12/h6-7H,4-5,8-10H2,1-3H3/b7-6+. The molecule has 0 radical (unpaired) electrons. The summed E-state index contributed by atoms with van der Waals surface area (Å²) in [6, 6.07) is 0. The summed E-state index contributed by atoms with van der Waals surface area (Å²) >= 11 is 0. The highest BCUT2D eigenvalue weighted by Gasteiger charge is 2.09. The lowest BCUT2D eigenvalue weighted by atomic mass is 9.96. The molecule has 1 nitrogen and oxygen atoms in total. The Bertz CT molecular complexity index is 147. The largest absolute Gasteiger partial charge is 0.300 e. The molecule has 0 saturated carbocycles. The molecule has 0 N–H and O–H groups in total. The summed E-state index contributed by atoms with van der Waals surface area (Å²) in [5, 5.41) is 0. The molecule has 0 aromatic carbocycles. The molecule has 1 rings (SSSR count). The van der Waals surface area contributed by atoms with Crippen molar-refractivity contribution >= 4 is 0 Å². The lowest BCUT2D eigenvalue weighted by Gasteiger charge is -2.14. The van der Waals surface area contributed by atoms with Crippen LogP contribution in [0.1, 0.15) is 33.6 Å². The first kappa shape index (κ1) is 9.79. The number of rotatable bonds is 2. The maximum Gasteiger partial charge on any atom is 0.0163 e. The fourth-order valence-corrected chi connectivity index (χ4v) is 1.52. The quantitative estimate of drug-likeness (QED) is 0.572. The van der Waals surface area contributed by atoms with Crippen molar-refractivity contribution in [3.05, 3.63) is 12.2 Å². The first-order valence-corrected chi connectivity index (χ1v) is 4.98. The van der Waals surface area contributed by atoms with Crippen molar-refractivity contribution < 1.29 is 0 Å².